The van der Waals surface area contributed by atoms with E-state index in [0.29, 0.717) is 16.9 Å². The quantitative estimate of drug-likeness (QED) is 0.774. The summed E-state index contributed by atoms with van der Waals surface area (Å²) in [6.07, 6.45) is 7.36. The molecular formula is C22H29ClN2O3. The zero-order valence-corrected chi connectivity index (χ0v) is 17.1. The highest BCUT2D eigenvalue weighted by Gasteiger charge is 2.26. The highest BCUT2D eigenvalue weighted by Crippen LogP contribution is 2.23. The number of carbonyl (C=O) groups excluding carboxylic acids is 1. The van der Waals surface area contributed by atoms with Crippen molar-refractivity contribution in [3.63, 3.8) is 0 Å². The molecule has 1 aromatic heterocycles. The first-order valence-corrected chi connectivity index (χ1v) is 10.3. The summed E-state index contributed by atoms with van der Waals surface area (Å²) in [5.74, 6) is 0.692. The van der Waals surface area contributed by atoms with Crippen LogP contribution in [-0.4, -0.2) is 48.4 Å². The van der Waals surface area contributed by atoms with Crippen LogP contribution in [0.4, 0.5) is 0 Å². The predicted octanol–water partition coefficient (Wildman–Crippen LogP) is 3.94. The van der Waals surface area contributed by atoms with Gasteiger partial charge in [-0.1, -0.05) is 18.6 Å². The Kier molecular flexibility index (Phi) is 7.13. The zero-order valence-electron chi connectivity index (χ0n) is 16.3. The maximum absolute atomic E-state index is 12.8. The molecule has 2 aliphatic rings. The number of hydrogen-bond donors (Lipinski definition) is 0. The van der Waals surface area contributed by atoms with Gasteiger partial charge in [-0.15, -0.1) is 12.4 Å². The number of amides is 1. The van der Waals surface area contributed by atoms with Crippen molar-refractivity contribution in [2.24, 2.45) is 5.92 Å². The summed E-state index contributed by atoms with van der Waals surface area (Å²) in [6, 6.07) is 8.42. The van der Waals surface area contributed by atoms with Gasteiger partial charge in [0.05, 0.1) is 5.39 Å². The summed E-state index contributed by atoms with van der Waals surface area (Å²) in [5, 5.41) is 0.519. The van der Waals surface area contributed by atoms with Crippen molar-refractivity contribution in [1.82, 2.24) is 9.80 Å². The van der Waals surface area contributed by atoms with Gasteiger partial charge in [0.25, 0.3) is 5.91 Å². The van der Waals surface area contributed by atoms with Crippen LogP contribution in [0, 0.1) is 5.92 Å². The Morgan fingerprint density at radius 1 is 1.04 bits per heavy atom. The lowest BCUT2D eigenvalue weighted by molar-refractivity contribution is 0.0648. The number of halogens is 1. The molecule has 4 rings (SSSR count). The van der Waals surface area contributed by atoms with Gasteiger partial charge in [0.1, 0.15) is 5.58 Å². The Morgan fingerprint density at radius 2 is 1.75 bits per heavy atom. The molecule has 2 fully saturated rings. The SMILES string of the molecule is Cl.O=C(c1cc(=O)c2ccccc2o1)N1CCC(CCN2CCCCC2)CC1. The fourth-order valence-electron chi connectivity index (χ4n) is 4.34. The second-order valence-electron chi connectivity index (χ2n) is 7.90. The lowest BCUT2D eigenvalue weighted by Gasteiger charge is -2.33. The minimum atomic E-state index is -0.160. The first-order chi connectivity index (χ1) is 13.2. The summed E-state index contributed by atoms with van der Waals surface area (Å²) < 4.78 is 5.71. The van der Waals surface area contributed by atoms with Crippen LogP contribution in [-0.2, 0) is 0 Å². The molecule has 1 aromatic carbocycles. The molecular weight excluding hydrogens is 376 g/mol. The molecule has 2 aromatic rings. The Morgan fingerprint density at radius 3 is 2.50 bits per heavy atom. The van der Waals surface area contributed by atoms with Crippen molar-refractivity contribution in [2.75, 3.05) is 32.7 Å². The Labute approximate surface area is 172 Å². The molecule has 28 heavy (non-hydrogen) atoms. The van der Waals surface area contributed by atoms with Crippen LogP contribution in [0.1, 0.15) is 49.1 Å². The van der Waals surface area contributed by atoms with Crippen molar-refractivity contribution in [1.29, 1.82) is 0 Å². The molecule has 1 amide bonds. The minimum absolute atomic E-state index is 0. The molecule has 0 aliphatic carbocycles. The number of hydrogen-bond acceptors (Lipinski definition) is 4. The maximum Gasteiger partial charge on any atom is 0.289 e. The Hall–Kier alpha value is -1.85. The number of carbonyl (C=O) groups is 1. The highest BCUT2D eigenvalue weighted by molar-refractivity contribution is 5.93. The van der Waals surface area contributed by atoms with Crippen molar-refractivity contribution in [3.05, 3.63) is 46.3 Å². The monoisotopic (exact) mass is 404 g/mol. The van der Waals surface area contributed by atoms with Crippen LogP contribution in [0.25, 0.3) is 11.0 Å². The van der Waals surface area contributed by atoms with E-state index in [9.17, 15) is 9.59 Å². The average Bonchev–Trinajstić information content (AvgIpc) is 2.73. The van der Waals surface area contributed by atoms with Gasteiger partial charge in [0, 0.05) is 19.2 Å². The molecule has 2 aliphatic heterocycles. The second-order valence-corrected chi connectivity index (χ2v) is 7.90. The molecule has 6 heteroatoms. The van der Waals surface area contributed by atoms with Crippen molar-refractivity contribution in [3.8, 4) is 0 Å². The number of nitrogens with zero attached hydrogens (tertiary/aromatic N) is 2. The van der Waals surface area contributed by atoms with Crippen LogP contribution in [0.3, 0.4) is 0 Å². The van der Waals surface area contributed by atoms with Gasteiger partial charge in [0.15, 0.2) is 11.2 Å². The number of piperidine rings is 2. The molecule has 0 atom stereocenters. The van der Waals surface area contributed by atoms with Gasteiger partial charge in [0.2, 0.25) is 0 Å². The standard InChI is InChI=1S/C22H28N2O3.ClH/c25-19-16-21(27-20-7-3-2-6-18(19)20)22(26)24-14-9-17(10-15-24)8-13-23-11-4-1-5-12-23;/h2-3,6-7,16-17H,1,4-5,8-15H2;1H. The minimum Gasteiger partial charge on any atom is -0.451 e. The van der Waals surface area contributed by atoms with E-state index in [1.54, 1.807) is 18.2 Å². The molecule has 0 spiro atoms. The van der Waals surface area contributed by atoms with E-state index in [1.807, 2.05) is 11.0 Å². The van der Waals surface area contributed by atoms with E-state index < -0.39 is 0 Å². The molecule has 0 saturated carbocycles. The van der Waals surface area contributed by atoms with Gasteiger partial charge < -0.3 is 14.2 Å². The van der Waals surface area contributed by atoms with E-state index in [1.165, 1.54) is 51.4 Å². The first kappa shape index (κ1) is 20.9. The molecule has 0 N–H and O–H groups in total. The average molecular weight is 405 g/mol. The van der Waals surface area contributed by atoms with Gasteiger partial charge in [-0.05, 0) is 69.8 Å². The Bertz CT molecular complexity index is 852. The van der Waals surface area contributed by atoms with Crippen LogP contribution in [0.15, 0.2) is 39.5 Å². The number of likely N-dealkylation sites (tertiary alicyclic amines) is 2. The van der Waals surface area contributed by atoms with E-state index >= 15 is 0 Å². The van der Waals surface area contributed by atoms with Gasteiger partial charge in [-0.25, -0.2) is 0 Å². The highest BCUT2D eigenvalue weighted by atomic mass is 35.5. The Balaban J connectivity index is 0.00000225. The van der Waals surface area contributed by atoms with Crippen LogP contribution < -0.4 is 5.43 Å². The number of fused-ring (bicyclic) bond motifs is 1. The van der Waals surface area contributed by atoms with Crippen LogP contribution >= 0.6 is 12.4 Å². The molecule has 5 nitrogen and oxygen atoms in total. The predicted molar refractivity (Wildman–Crippen MR) is 113 cm³/mol. The molecule has 0 bridgehead atoms. The van der Waals surface area contributed by atoms with Crippen molar-refractivity contribution in [2.45, 2.75) is 38.5 Å². The van der Waals surface area contributed by atoms with Gasteiger partial charge in [-0.2, -0.15) is 0 Å². The third kappa shape index (κ3) is 4.76. The largest absolute Gasteiger partial charge is 0.451 e. The fourth-order valence-corrected chi connectivity index (χ4v) is 4.34. The summed E-state index contributed by atoms with van der Waals surface area (Å²) in [5.41, 5.74) is 0.321. The lowest BCUT2D eigenvalue weighted by Crippen LogP contribution is -2.40. The zero-order chi connectivity index (χ0) is 18.6. The van der Waals surface area contributed by atoms with Crippen LogP contribution in [0.5, 0.6) is 0 Å². The number of rotatable bonds is 4. The third-order valence-electron chi connectivity index (χ3n) is 6.05. The first-order valence-electron chi connectivity index (χ1n) is 10.3. The normalized spacial score (nSPS) is 18.8. The summed E-state index contributed by atoms with van der Waals surface area (Å²) in [6.45, 7) is 5.19. The maximum atomic E-state index is 12.8. The van der Waals surface area contributed by atoms with E-state index in [4.69, 9.17) is 4.42 Å². The molecule has 0 unspecified atom stereocenters. The van der Waals surface area contributed by atoms with E-state index in [0.717, 1.165) is 25.9 Å². The molecule has 3 heterocycles. The molecule has 0 radical (unpaired) electrons. The second kappa shape index (κ2) is 9.57. The topological polar surface area (TPSA) is 53.8 Å². The number of para-hydroxylation sites is 1. The third-order valence-corrected chi connectivity index (χ3v) is 6.05. The van der Waals surface area contributed by atoms with Gasteiger partial charge >= 0.3 is 0 Å². The van der Waals surface area contributed by atoms with E-state index in [2.05, 4.69) is 4.90 Å². The lowest BCUT2D eigenvalue weighted by atomic mass is 9.93. The summed E-state index contributed by atoms with van der Waals surface area (Å²) in [7, 11) is 0. The summed E-state index contributed by atoms with van der Waals surface area (Å²) in [4.78, 5) is 29.5. The fraction of sp³-hybridized carbons (Fsp3) is 0.545. The summed E-state index contributed by atoms with van der Waals surface area (Å²) >= 11 is 0. The van der Waals surface area contributed by atoms with Crippen molar-refractivity contribution >= 4 is 29.3 Å². The van der Waals surface area contributed by atoms with E-state index in [-0.39, 0.29) is 29.5 Å². The smallest absolute Gasteiger partial charge is 0.289 e. The van der Waals surface area contributed by atoms with Crippen LogP contribution in [0.2, 0.25) is 0 Å². The van der Waals surface area contributed by atoms with Crippen molar-refractivity contribution < 1.29 is 9.21 Å². The molecule has 152 valence electrons. The van der Waals surface area contributed by atoms with Gasteiger partial charge in [-0.3, -0.25) is 9.59 Å². The molecule has 2 saturated heterocycles. The number of benzene rings is 1.